The van der Waals surface area contributed by atoms with Crippen molar-refractivity contribution < 1.29 is 33.4 Å². The van der Waals surface area contributed by atoms with Gasteiger partial charge in [0.2, 0.25) is 5.91 Å². The van der Waals surface area contributed by atoms with Crippen LogP contribution in [0.3, 0.4) is 0 Å². The van der Waals surface area contributed by atoms with Crippen molar-refractivity contribution in [2.24, 2.45) is 0 Å². The maximum Gasteiger partial charge on any atom is 0.323 e. The highest BCUT2D eigenvalue weighted by Gasteiger charge is 2.21. The summed E-state index contributed by atoms with van der Waals surface area (Å²) in [6.45, 7) is -1.66. The van der Waals surface area contributed by atoms with Gasteiger partial charge >= 0.3 is 11.9 Å². The lowest BCUT2D eigenvalue weighted by atomic mass is 10.1. The lowest BCUT2D eigenvalue weighted by Gasteiger charge is -2.18. The van der Waals surface area contributed by atoms with Gasteiger partial charge in [-0.05, 0) is 6.07 Å². The molecule has 1 amide bonds. The second-order valence-corrected chi connectivity index (χ2v) is 3.93. The Hall–Kier alpha value is -2.51. The summed E-state index contributed by atoms with van der Waals surface area (Å²) in [6.07, 6.45) is -0.621. The standard InChI is InChI=1S/C12H11F2NO5/c13-8-3-1-2-7(12(8)14)4-9(16)15(5-10(17)18)6-11(19)20/h1-3H,4-6H2,(H,17,18)(H,19,20). The van der Waals surface area contributed by atoms with Crippen molar-refractivity contribution in [1.29, 1.82) is 0 Å². The van der Waals surface area contributed by atoms with Crippen molar-refractivity contribution in [3.63, 3.8) is 0 Å². The largest absolute Gasteiger partial charge is 0.480 e. The zero-order valence-electron chi connectivity index (χ0n) is 10.2. The van der Waals surface area contributed by atoms with Crippen molar-refractivity contribution >= 4 is 17.8 Å². The number of nitrogens with zero attached hydrogens (tertiary/aromatic N) is 1. The van der Waals surface area contributed by atoms with Crippen molar-refractivity contribution in [2.45, 2.75) is 6.42 Å². The molecule has 0 aliphatic heterocycles. The van der Waals surface area contributed by atoms with E-state index in [1.165, 1.54) is 6.07 Å². The van der Waals surface area contributed by atoms with Crippen LogP contribution in [-0.4, -0.2) is 46.0 Å². The van der Waals surface area contributed by atoms with Crippen molar-refractivity contribution in [3.05, 3.63) is 35.4 Å². The molecule has 0 aliphatic rings. The number of carbonyl (C=O) groups is 3. The van der Waals surface area contributed by atoms with Gasteiger partial charge in [0.15, 0.2) is 11.6 Å². The molecule has 0 unspecified atom stereocenters. The van der Waals surface area contributed by atoms with Crippen LogP contribution in [0.15, 0.2) is 18.2 Å². The van der Waals surface area contributed by atoms with E-state index in [1.807, 2.05) is 0 Å². The molecule has 6 nitrogen and oxygen atoms in total. The van der Waals surface area contributed by atoms with Crippen molar-refractivity contribution in [1.82, 2.24) is 4.90 Å². The van der Waals surface area contributed by atoms with Crippen LogP contribution in [0, 0.1) is 11.6 Å². The molecule has 2 N–H and O–H groups in total. The summed E-state index contributed by atoms with van der Waals surface area (Å²) in [4.78, 5) is 33.4. The molecular formula is C12H11F2NO5. The van der Waals surface area contributed by atoms with Gasteiger partial charge in [-0.15, -0.1) is 0 Å². The number of carboxylic acid groups (broad SMARTS) is 2. The summed E-state index contributed by atoms with van der Waals surface area (Å²) in [5.74, 6) is -6.08. The molecule has 0 radical (unpaired) electrons. The highest BCUT2D eigenvalue weighted by atomic mass is 19.2. The first-order valence-electron chi connectivity index (χ1n) is 5.45. The van der Waals surface area contributed by atoms with Gasteiger partial charge in [-0.1, -0.05) is 12.1 Å². The Morgan fingerprint density at radius 1 is 1.05 bits per heavy atom. The van der Waals surface area contributed by atoms with Crippen LogP contribution < -0.4 is 0 Å². The Morgan fingerprint density at radius 2 is 1.60 bits per heavy atom. The quantitative estimate of drug-likeness (QED) is 0.794. The van der Waals surface area contributed by atoms with E-state index >= 15 is 0 Å². The molecule has 8 heteroatoms. The summed E-state index contributed by atoms with van der Waals surface area (Å²) in [6, 6.07) is 3.23. The molecule has 0 fully saturated rings. The maximum absolute atomic E-state index is 13.4. The third-order valence-electron chi connectivity index (χ3n) is 2.38. The zero-order chi connectivity index (χ0) is 15.3. The van der Waals surface area contributed by atoms with Gasteiger partial charge in [-0.25, -0.2) is 8.78 Å². The number of rotatable bonds is 6. The van der Waals surface area contributed by atoms with E-state index in [0.29, 0.717) is 4.90 Å². The van der Waals surface area contributed by atoms with Crippen LogP contribution in [0.4, 0.5) is 8.78 Å². The molecule has 0 aromatic heterocycles. The van der Waals surface area contributed by atoms with Gasteiger partial charge in [0.05, 0.1) is 6.42 Å². The smallest absolute Gasteiger partial charge is 0.323 e. The maximum atomic E-state index is 13.4. The average Bonchev–Trinajstić information content (AvgIpc) is 2.33. The Balaban J connectivity index is 2.87. The highest BCUT2D eigenvalue weighted by Crippen LogP contribution is 2.13. The number of halogens is 2. The van der Waals surface area contributed by atoms with E-state index in [-0.39, 0.29) is 5.56 Å². The molecular weight excluding hydrogens is 276 g/mol. The van der Waals surface area contributed by atoms with Crippen LogP contribution in [0.5, 0.6) is 0 Å². The normalized spacial score (nSPS) is 10.1. The van der Waals surface area contributed by atoms with E-state index in [2.05, 4.69) is 0 Å². The van der Waals surface area contributed by atoms with Gasteiger partial charge < -0.3 is 15.1 Å². The lowest BCUT2D eigenvalue weighted by molar-refractivity contribution is -0.149. The minimum atomic E-state index is -1.40. The summed E-state index contributed by atoms with van der Waals surface area (Å²) in [7, 11) is 0. The molecule has 1 aromatic carbocycles. The molecule has 1 aromatic rings. The van der Waals surface area contributed by atoms with Crippen molar-refractivity contribution in [3.8, 4) is 0 Å². The monoisotopic (exact) mass is 287 g/mol. The Labute approximate surface area is 112 Å². The van der Waals surface area contributed by atoms with E-state index in [9.17, 15) is 23.2 Å². The minimum absolute atomic E-state index is 0.268. The fourth-order valence-corrected chi connectivity index (χ4v) is 1.52. The molecule has 0 heterocycles. The fourth-order valence-electron chi connectivity index (χ4n) is 1.52. The Morgan fingerprint density at radius 3 is 2.10 bits per heavy atom. The van der Waals surface area contributed by atoms with Gasteiger partial charge in [-0.3, -0.25) is 14.4 Å². The molecule has 0 saturated heterocycles. The summed E-state index contributed by atoms with van der Waals surface area (Å²) >= 11 is 0. The molecule has 1 rings (SSSR count). The van der Waals surface area contributed by atoms with Gasteiger partial charge in [0.1, 0.15) is 13.1 Å². The molecule has 0 saturated carbocycles. The zero-order valence-corrected chi connectivity index (χ0v) is 10.2. The molecule has 0 spiro atoms. The first-order chi connectivity index (χ1) is 9.31. The van der Waals surface area contributed by atoms with Crippen molar-refractivity contribution in [2.75, 3.05) is 13.1 Å². The van der Waals surface area contributed by atoms with Crippen LogP contribution in [0.25, 0.3) is 0 Å². The predicted octanol–water partition coefficient (Wildman–Crippen LogP) is 0.505. The SMILES string of the molecule is O=C(O)CN(CC(=O)O)C(=O)Cc1cccc(F)c1F. The number of hydrogen-bond acceptors (Lipinski definition) is 3. The van der Waals surface area contributed by atoms with E-state index < -0.39 is 49.0 Å². The van der Waals surface area contributed by atoms with Crippen LogP contribution >= 0.6 is 0 Å². The number of benzene rings is 1. The van der Waals surface area contributed by atoms with E-state index in [4.69, 9.17) is 10.2 Å². The molecule has 0 aliphatic carbocycles. The van der Waals surface area contributed by atoms with Gasteiger partial charge in [0.25, 0.3) is 0 Å². The predicted molar refractivity (Wildman–Crippen MR) is 61.9 cm³/mol. The third-order valence-corrected chi connectivity index (χ3v) is 2.38. The number of carbonyl (C=O) groups excluding carboxylic acids is 1. The highest BCUT2D eigenvalue weighted by molar-refractivity contribution is 5.86. The van der Waals surface area contributed by atoms with Crippen LogP contribution in [0.2, 0.25) is 0 Å². The number of hydrogen-bond donors (Lipinski definition) is 2. The summed E-state index contributed by atoms with van der Waals surface area (Å²) in [5, 5.41) is 17.2. The van der Waals surface area contributed by atoms with Gasteiger partial charge in [-0.2, -0.15) is 0 Å². The third kappa shape index (κ3) is 4.30. The average molecular weight is 287 g/mol. The molecule has 0 bridgehead atoms. The first kappa shape index (κ1) is 15.5. The fraction of sp³-hybridized carbons (Fsp3) is 0.250. The first-order valence-corrected chi connectivity index (χ1v) is 5.45. The molecule has 108 valence electrons. The lowest BCUT2D eigenvalue weighted by Crippen LogP contribution is -2.40. The Kier molecular flexibility index (Phi) is 5.13. The summed E-state index contributed by atoms with van der Waals surface area (Å²) < 4.78 is 26.3. The van der Waals surface area contributed by atoms with Crippen LogP contribution in [0.1, 0.15) is 5.56 Å². The molecule has 0 atom stereocenters. The second kappa shape index (κ2) is 6.60. The van der Waals surface area contributed by atoms with E-state index in [1.54, 1.807) is 0 Å². The minimum Gasteiger partial charge on any atom is -0.480 e. The number of carboxylic acids is 2. The molecule has 20 heavy (non-hydrogen) atoms. The summed E-state index contributed by atoms with van der Waals surface area (Å²) in [5.41, 5.74) is -0.268. The van der Waals surface area contributed by atoms with E-state index in [0.717, 1.165) is 12.1 Å². The Bertz CT molecular complexity index is 531. The topological polar surface area (TPSA) is 94.9 Å². The van der Waals surface area contributed by atoms with Gasteiger partial charge in [0, 0.05) is 5.56 Å². The second-order valence-electron chi connectivity index (χ2n) is 3.93. The van der Waals surface area contributed by atoms with Crippen LogP contribution in [-0.2, 0) is 20.8 Å². The number of amides is 1. The number of aliphatic carboxylic acids is 2.